The number of nitrogens with one attached hydrogen (secondary N) is 2. The Morgan fingerprint density at radius 3 is 2.62 bits per heavy atom. The number of hydrogen-bond acceptors (Lipinski definition) is 4. The van der Waals surface area contributed by atoms with Gasteiger partial charge in [0, 0.05) is 11.4 Å². The van der Waals surface area contributed by atoms with E-state index in [1.807, 2.05) is 37.3 Å². The molecule has 0 saturated carbocycles. The van der Waals surface area contributed by atoms with Gasteiger partial charge in [0.15, 0.2) is 5.16 Å². The van der Waals surface area contributed by atoms with Gasteiger partial charge in [0.1, 0.15) is 11.3 Å². The molecule has 0 aliphatic rings. The number of carbonyl (C=O) groups is 1. The van der Waals surface area contributed by atoms with Crippen molar-refractivity contribution in [2.24, 2.45) is 0 Å². The van der Waals surface area contributed by atoms with Crippen molar-refractivity contribution >= 4 is 34.4 Å². The quantitative estimate of drug-likeness (QED) is 0.388. The zero-order valence-corrected chi connectivity index (χ0v) is 16.3. The number of aromatic amines is 1. The number of rotatable bonds is 5. The minimum atomic E-state index is -0.372. The Morgan fingerprint density at radius 1 is 1.17 bits per heavy atom. The van der Waals surface area contributed by atoms with E-state index in [-0.39, 0.29) is 23.0 Å². The van der Waals surface area contributed by atoms with Crippen LogP contribution in [0.3, 0.4) is 0 Å². The molecule has 29 heavy (non-hydrogen) atoms. The number of halogens is 1. The van der Waals surface area contributed by atoms with Crippen LogP contribution in [0.4, 0.5) is 10.1 Å². The highest BCUT2D eigenvalue weighted by Gasteiger charge is 2.16. The predicted octanol–water partition coefficient (Wildman–Crippen LogP) is 3.89. The van der Waals surface area contributed by atoms with Gasteiger partial charge >= 0.3 is 0 Å². The fraction of sp³-hybridized carbons (Fsp3) is 0.0952. The molecule has 0 saturated heterocycles. The van der Waals surface area contributed by atoms with Crippen LogP contribution in [-0.2, 0) is 4.79 Å². The van der Waals surface area contributed by atoms with E-state index in [0.29, 0.717) is 27.6 Å². The van der Waals surface area contributed by atoms with Crippen molar-refractivity contribution in [1.82, 2.24) is 14.5 Å². The van der Waals surface area contributed by atoms with Crippen molar-refractivity contribution in [3.8, 4) is 5.69 Å². The number of H-pyrrole nitrogens is 1. The third-order valence-electron chi connectivity index (χ3n) is 4.23. The lowest BCUT2D eigenvalue weighted by atomic mass is 10.3. The average Bonchev–Trinajstić information content (AvgIpc) is 3.09. The van der Waals surface area contributed by atoms with Crippen molar-refractivity contribution in [1.29, 1.82) is 0 Å². The summed E-state index contributed by atoms with van der Waals surface area (Å²) in [4.78, 5) is 33.0. The maximum atomic E-state index is 13.1. The summed E-state index contributed by atoms with van der Waals surface area (Å²) >= 11 is 1.16. The molecule has 4 aromatic rings. The van der Waals surface area contributed by atoms with E-state index in [4.69, 9.17) is 0 Å². The normalized spacial score (nSPS) is 11.0. The van der Waals surface area contributed by atoms with Crippen LogP contribution in [0.1, 0.15) is 5.69 Å². The number of anilines is 1. The van der Waals surface area contributed by atoms with Crippen molar-refractivity contribution in [2.45, 2.75) is 12.1 Å². The molecule has 8 heteroatoms. The summed E-state index contributed by atoms with van der Waals surface area (Å²) in [5, 5.41) is 3.13. The lowest BCUT2D eigenvalue weighted by Gasteiger charge is -2.12. The summed E-state index contributed by atoms with van der Waals surface area (Å²) in [6.07, 6.45) is 0. The average molecular weight is 408 g/mol. The summed E-state index contributed by atoms with van der Waals surface area (Å²) in [7, 11) is 0. The van der Waals surface area contributed by atoms with Gasteiger partial charge in [-0.25, -0.2) is 9.37 Å². The topological polar surface area (TPSA) is 79.8 Å². The molecule has 0 aliphatic heterocycles. The summed E-state index contributed by atoms with van der Waals surface area (Å²) in [5.74, 6) is -0.602. The molecule has 2 N–H and O–H groups in total. The second-order valence-corrected chi connectivity index (χ2v) is 7.37. The maximum absolute atomic E-state index is 13.1. The lowest BCUT2D eigenvalue weighted by Crippen LogP contribution is -2.23. The van der Waals surface area contributed by atoms with Gasteiger partial charge < -0.3 is 10.3 Å². The summed E-state index contributed by atoms with van der Waals surface area (Å²) in [6, 6.07) is 16.5. The van der Waals surface area contributed by atoms with Gasteiger partial charge in [-0.3, -0.25) is 14.2 Å². The highest BCUT2D eigenvalue weighted by Crippen LogP contribution is 2.22. The van der Waals surface area contributed by atoms with E-state index in [9.17, 15) is 14.0 Å². The molecule has 0 radical (unpaired) electrons. The first kappa shape index (κ1) is 18.9. The van der Waals surface area contributed by atoms with Gasteiger partial charge in [0.25, 0.3) is 5.56 Å². The molecule has 2 aromatic carbocycles. The van der Waals surface area contributed by atoms with Crippen LogP contribution in [0.2, 0.25) is 0 Å². The molecule has 0 atom stereocenters. The maximum Gasteiger partial charge on any atom is 0.283 e. The molecule has 1 amide bonds. The Morgan fingerprint density at radius 2 is 1.90 bits per heavy atom. The van der Waals surface area contributed by atoms with Gasteiger partial charge in [-0.2, -0.15) is 0 Å². The van der Waals surface area contributed by atoms with E-state index in [1.54, 1.807) is 6.07 Å². The number of aromatic nitrogens is 3. The number of hydrogen-bond donors (Lipinski definition) is 2. The van der Waals surface area contributed by atoms with Crippen LogP contribution in [0, 0.1) is 12.7 Å². The molecular weight excluding hydrogens is 391 g/mol. The number of amides is 1. The minimum Gasteiger partial charge on any atom is -0.353 e. The standard InChI is InChI=1S/C21H17FN4O2S/c1-13-11-17-19(23-13)20(28)26(16-5-3-2-4-6-16)21(25-17)29-12-18(27)24-15-9-7-14(22)8-10-15/h2-11,23H,12H2,1H3,(H,24,27). The largest absolute Gasteiger partial charge is 0.353 e. The van der Waals surface area contributed by atoms with E-state index in [2.05, 4.69) is 15.3 Å². The van der Waals surface area contributed by atoms with E-state index in [0.717, 1.165) is 17.5 Å². The van der Waals surface area contributed by atoms with Crippen LogP contribution in [0.25, 0.3) is 16.7 Å². The lowest BCUT2D eigenvalue weighted by molar-refractivity contribution is -0.113. The van der Waals surface area contributed by atoms with Crippen LogP contribution >= 0.6 is 11.8 Å². The summed E-state index contributed by atoms with van der Waals surface area (Å²) in [5.41, 5.74) is 2.76. The number of aryl methyl sites for hydroxylation is 1. The number of benzene rings is 2. The zero-order valence-electron chi connectivity index (χ0n) is 15.5. The number of carbonyl (C=O) groups excluding carboxylic acids is 1. The Kier molecular flexibility index (Phi) is 5.18. The van der Waals surface area contributed by atoms with Gasteiger partial charge in [-0.05, 0) is 49.4 Å². The zero-order chi connectivity index (χ0) is 20.4. The first-order valence-electron chi connectivity index (χ1n) is 8.87. The van der Waals surface area contributed by atoms with Crippen LogP contribution in [0.5, 0.6) is 0 Å². The second kappa shape index (κ2) is 7.92. The van der Waals surface area contributed by atoms with Gasteiger partial charge in [-0.1, -0.05) is 30.0 Å². The van der Waals surface area contributed by atoms with Crippen molar-refractivity contribution < 1.29 is 9.18 Å². The third-order valence-corrected chi connectivity index (χ3v) is 5.17. The fourth-order valence-corrected chi connectivity index (χ4v) is 3.75. The van der Waals surface area contributed by atoms with Crippen molar-refractivity contribution in [2.75, 3.05) is 11.1 Å². The Hall–Kier alpha value is -3.39. The van der Waals surface area contributed by atoms with E-state index < -0.39 is 0 Å². The first-order valence-corrected chi connectivity index (χ1v) is 9.86. The minimum absolute atomic E-state index is 0.0472. The van der Waals surface area contributed by atoms with Crippen molar-refractivity contribution in [3.63, 3.8) is 0 Å². The van der Waals surface area contributed by atoms with E-state index in [1.165, 1.54) is 28.8 Å². The predicted molar refractivity (Wildman–Crippen MR) is 112 cm³/mol. The fourth-order valence-electron chi connectivity index (χ4n) is 2.94. The molecular formula is C21H17FN4O2S. The third kappa shape index (κ3) is 4.07. The first-order chi connectivity index (χ1) is 14.0. The Labute approximate surface area is 169 Å². The molecule has 4 rings (SSSR count). The SMILES string of the molecule is Cc1cc2nc(SCC(=O)Nc3ccc(F)cc3)n(-c3ccccc3)c(=O)c2[nH]1. The monoisotopic (exact) mass is 408 g/mol. The highest BCUT2D eigenvalue weighted by atomic mass is 32.2. The second-order valence-electron chi connectivity index (χ2n) is 6.43. The molecule has 2 heterocycles. The number of nitrogens with zero attached hydrogens (tertiary/aromatic N) is 2. The number of thioether (sulfide) groups is 1. The van der Waals surface area contributed by atoms with Crippen LogP contribution in [0.15, 0.2) is 70.6 Å². The molecule has 0 spiro atoms. The number of para-hydroxylation sites is 1. The Bertz CT molecular complexity index is 1230. The van der Waals surface area contributed by atoms with Crippen molar-refractivity contribution in [3.05, 3.63) is 82.5 Å². The molecule has 0 aliphatic carbocycles. The van der Waals surface area contributed by atoms with Crippen LogP contribution in [-0.4, -0.2) is 26.2 Å². The Balaban J connectivity index is 1.64. The molecule has 0 bridgehead atoms. The van der Waals surface area contributed by atoms with E-state index >= 15 is 0 Å². The number of fused-ring (bicyclic) bond motifs is 1. The smallest absolute Gasteiger partial charge is 0.283 e. The van der Waals surface area contributed by atoms with Crippen LogP contribution < -0.4 is 10.9 Å². The molecule has 0 unspecified atom stereocenters. The molecule has 0 fully saturated rings. The summed E-state index contributed by atoms with van der Waals surface area (Å²) < 4.78 is 14.5. The molecule has 6 nitrogen and oxygen atoms in total. The summed E-state index contributed by atoms with van der Waals surface area (Å²) in [6.45, 7) is 1.86. The van der Waals surface area contributed by atoms with Gasteiger partial charge in [0.05, 0.1) is 17.0 Å². The van der Waals surface area contributed by atoms with Gasteiger partial charge in [0.2, 0.25) is 5.91 Å². The van der Waals surface area contributed by atoms with Gasteiger partial charge in [-0.15, -0.1) is 0 Å². The highest BCUT2D eigenvalue weighted by molar-refractivity contribution is 7.99. The molecule has 2 aromatic heterocycles. The molecule has 146 valence electrons.